The van der Waals surface area contributed by atoms with Crippen molar-refractivity contribution in [3.05, 3.63) is 29.8 Å². The number of piperidine rings is 1. The molecule has 3 atom stereocenters. The molecule has 3 heterocycles. The van der Waals surface area contributed by atoms with Crippen LogP contribution in [0.15, 0.2) is 18.3 Å². The van der Waals surface area contributed by atoms with Crippen LogP contribution in [0.5, 0.6) is 0 Å². The number of hydrogen-bond donors (Lipinski definition) is 1. The lowest BCUT2D eigenvalue weighted by Crippen LogP contribution is -2.46. The highest BCUT2D eigenvalue weighted by atomic mass is 19.1. The molecule has 0 aromatic carbocycles. The number of aromatic nitrogens is 1. The zero-order valence-electron chi connectivity index (χ0n) is 14.7. The molecular formula is C19H24FN3O3. The van der Waals surface area contributed by atoms with Crippen molar-refractivity contribution in [1.29, 1.82) is 0 Å². The molecule has 0 spiro atoms. The smallest absolute Gasteiger partial charge is 0.249 e. The van der Waals surface area contributed by atoms with Crippen molar-refractivity contribution in [2.24, 2.45) is 11.8 Å². The molecule has 0 bridgehead atoms. The van der Waals surface area contributed by atoms with E-state index in [9.17, 15) is 14.0 Å². The minimum atomic E-state index is -0.410. The summed E-state index contributed by atoms with van der Waals surface area (Å²) in [5.41, 5.74) is 0.559. The first-order valence-electron chi connectivity index (χ1n) is 9.40. The molecule has 1 aliphatic carbocycles. The van der Waals surface area contributed by atoms with E-state index >= 15 is 0 Å². The van der Waals surface area contributed by atoms with E-state index in [0.29, 0.717) is 30.6 Å². The molecular weight excluding hydrogens is 337 g/mol. The zero-order chi connectivity index (χ0) is 18.1. The van der Waals surface area contributed by atoms with E-state index in [1.807, 2.05) is 0 Å². The number of halogens is 1. The Kier molecular flexibility index (Phi) is 4.89. The number of nitrogens with one attached hydrogen (secondary N) is 1. The minimum absolute atomic E-state index is 0.0142. The molecule has 1 saturated carbocycles. The highest BCUT2D eigenvalue weighted by molar-refractivity contribution is 5.81. The summed E-state index contributed by atoms with van der Waals surface area (Å²) in [6.45, 7) is 1.93. The standard InChI is InChI=1S/C19H24FN3O3/c20-14-3-4-15(21-10-14)8-18(24)23-6-5-13-7-16(26-17(13)11-23)19(25)22-9-12-1-2-12/h3-4,10,12-13,16-17H,1-2,5-9,11H2,(H,22,25)/t13-,16-,17+/m0/s1. The monoisotopic (exact) mass is 361 g/mol. The minimum Gasteiger partial charge on any atom is -0.363 e. The van der Waals surface area contributed by atoms with Gasteiger partial charge in [-0.15, -0.1) is 0 Å². The number of pyridine rings is 1. The van der Waals surface area contributed by atoms with E-state index < -0.39 is 11.9 Å². The third-order valence-corrected chi connectivity index (χ3v) is 5.58. The van der Waals surface area contributed by atoms with E-state index in [0.717, 1.165) is 25.6 Å². The van der Waals surface area contributed by atoms with E-state index in [4.69, 9.17) is 4.74 Å². The average Bonchev–Trinajstić information content (AvgIpc) is 3.37. The van der Waals surface area contributed by atoms with Crippen LogP contribution >= 0.6 is 0 Å². The molecule has 1 N–H and O–H groups in total. The summed E-state index contributed by atoms with van der Waals surface area (Å²) in [4.78, 5) is 30.5. The maximum atomic E-state index is 12.9. The van der Waals surface area contributed by atoms with Crippen LogP contribution in [-0.4, -0.2) is 53.5 Å². The number of hydrogen-bond acceptors (Lipinski definition) is 4. The first kappa shape index (κ1) is 17.4. The Morgan fingerprint density at radius 2 is 2.15 bits per heavy atom. The second-order valence-electron chi connectivity index (χ2n) is 7.62. The summed E-state index contributed by atoms with van der Waals surface area (Å²) in [6.07, 6.45) is 4.81. The van der Waals surface area contributed by atoms with Crippen molar-refractivity contribution in [3.8, 4) is 0 Å². The van der Waals surface area contributed by atoms with Gasteiger partial charge in [-0.25, -0.2) is 4.39 Å². The zero-order valence-corrected chi connectivity index (χ0v) is 14.7. The van der Waals surface area contributed by atoms with E-state index in [1.54, 1.807) is 4.90 Å². The summed E-state index contributed by atoms with van der Waals surface area (Å²) >= 11 is 0. The second kappa shape index (κ2) is 7.31. The van der Waals surface area contributed by atoms with Gasteiger partial charge in [0.15, 0.2) is 0 Å². The summed E-state index contributed by atoms with van der Waals surface area (Å²) in [5.74, 6) is 0.523. The molecule has 3 aliphatic rings. The molecule has 3 fully saturated rings. The molecule has 2 saturated heterocycles. The van der Waals surface area contributed by atoms with Crippen molar-refractivity contribution in [1.82, 2.24) is 15.2 Å². The topological polar surface area (TPSA) is 71.5 Å². The third kappa shape index (κ3) is 4.03. The SMILES string of the molecule is O=C(NCC1CC1)[C@@H]1C[C@@H]2CCN(C(=O)Cc3ccc(F)cn3)C[C@H]2O1. The van der Waals surface area contributed by atoms with Crippen LogP contribution in [0.4, 0.5) is 4.39 Å². The molecule has 26 heavy (non-hydrogen) atoms. The average molecular weight is 361 g/mol. The summed E-state index contributed by atoms with van der Waals surface area (Å²) in [5, 5.41) is 2.98. The number of ether oxygens (including phenoxy) is 1. The molecule has 140 valence electrons. The van der Waals surface area contributed by atoms with Gasteiger partial charge in [0, 0.05) is 25.3 Å². The Morgan fingerprint density at radius 3 is 2.88 bits per heavy atom. The molecule has 4 rings (SSSR count). The maximum Gasteiger partial charge on any atom is 0.249 e. The largest absolute Gasteiger partial charge is 0.363 e. The Morgan fingerprint density at radius 1 is 1.31 bits per heavy atom. The van der Waals surface area contributed by atoms with Crippen LogP contribution < -0.4 is 5.32 Å². The number of amides is 2. The number of fused-ring (bicyclic) bond motifs is 1. The Labute approximate surface area is 152 Å². The number of carbonyl (C=O) groups excluding carboxylic acids is 2. The molecule has 1 aromatic heterocycles. The fourth-order valence-electron chi connectivity index (χ4n) is 3.78. The van der Waals surface area contributed by atoms with Gasteiger partial charge >= 0.3 is 0 Å². The first-order chi connectivity index (χ1) is 12.6. The van der Waals surface area contributed by atoms with Crippen molar-refractivity contribution < 1.29 is 18.7 Å². The number of carbonyl (C=O) groups is 2. The van der Waals surface area contributed by atoms with Gasteiger partial charge in [0.05, 0.1) is 18.7 Å². The molecule has 0 radical (unpaired) electrons. The van der Waals surface area contributed by atoms with Crippen molar-refractivity contribution >= 4 is 11.8 Å². The Balaban J connectivity index is 1.28. The van der Waals surface area contributed by atoms with Crippen molar-refractivity contribution in [3.63, 3.8) is 0 Å². The second-order valence-corrected chi connectivity index (χ2v) is 7.62. The summed E-state index contributed by atoms with van der Waals surface area (Å²) in [7, 11) is 0. The van der Waals surface area contributed by atoms with Gasteiger partial charge in [0.25, 0.3) is 0 Å². The van der Waals surface area contributed by atoms with Crippen LogP contribution in [0, 0.1) is 17.7 Å². The lowest BCUT2D eigenvalue weighted by molar-refractivity contribution is -0.137. The van der Waals surface area contributed by atoms with Gasteiger partial charge < -0.3 is 15.0 Å². The Hall–Kier alpha value is -2.02. The van der Waals surface area contributed by atoms with Crippen LogP contribution in [0.3, 0.4) is 0 Å². The van der Waals surface area contributed by atoms with Crippen molar-refractivity contribution in [2.45, 2.75) is 44.3 Å². The van der Waals surface area contributed by atoms with Gasteiger partial charge in [-0.05, 0) is 49.7 Å². The van der Waals surface area contributed by atoms with Gasteiger partial charge in [0.1, 0.15) is 11.9 Å². The van der Waals surface area contributed by atoms with E-state index in [1.165, 1.54) is 25.0 Å². The number of nitrogens with zero attached hydrogens (tertiary/aromatic N) is 2. The maximum absolute atomic E-state index is 12.9. The third-order valence-electron chi connectivity index (χ3n) is 5.58. The van der Waals surface area contributed by atoms with E-state index in [-0.39, 0.29) is 24.3 Å². The molecule has 1 aromatic rings. The number of likely N-dealkylation sites (tertiary alicyclic amines) is 1. The normalized spacial score (nSPS) is 27.9. The van der Waals surface area contributed by atoms with Crippen LogP contribution in [0.2, 0.25) is 0 Å². The fraction of sp³-hybridized carbons (Fsp3) is 0.632. The van der Waals surface area contributed by atoms with Gasteiger partial charge in [-0.2, -0.15) is 0 Å². The first-order valence-corrected chi connectivity index (χ1v) is 9.40. The van der Waals surface area contributed by atoms with Crippen LogP contribution in [0.1, 0.15) is 31.4 Å². The lowest BCUT2D eigenvalue weighted by Gasteiger charge is -2.34. The highest BCUT2D eigenvalue weighted by Gasteiger charge is 2.42. The summed E-state index contributed by atoms with van der Waals surface area (Å²) < 4.78 is 18.9. The predicted octanol–water partition coefficient (Wildman–Crippen LogP) is 1.30. The van der Waals surface area contributed by atoms with Gasteiger partial charge in [-0.3, -0.25) is 14.6 Å². The Bertz CT molecular complexity index is 677. The lowest BCUT2D eigenvalue weighted by atomic mass is 9.91. The highest BCUT2D eigenvalue weighted by Crippen LogP contribution is 2.34. The molecule has 0 unspecified atom stereocenters. The quantitative estimate of drug-likeness (QED) is 0.858. The molecule has 2 amide bonds. The predicted molar refractivity (Wildman–Crippen MR) is 91.6 cm³/mol. The van der Waals surface area contributed by atoms with Gasteiger partial charge in [0.2, 0.25) is 11.8 Å². The van der Waals surface area contributed by atoms with Crippen LogP contribution in [0.25, 0.3) is 0 Å². The van der Waals surface area contributed by atoms with E-state index in [2.05, 4.69) is 10.3 Å². The fourth-order valence-corrected chi connectivity index (χ4v) is 3.78. The molecule has 6 nitrogen and oxygen atoms in total. The molecule has 2 aliphatic heterocycles. The van der Waals surface area contributed by atoms with Crippen molar-refractivity contribution in [2.75, 3.05) is 19.6 Å². The van der Waals surface area contributed by atoms with Crippen LogP contribution in [-0.2, 0) is 20.7 Å². The van der Waals surface area contributed by atoms with Gasteiger partial charge in [-0.1, -0.05) is 0 Å². The number of rotatable bonds is 5. The summed E-state index contributed by atoms with van der Waals surface area (Å²) in [6, 6.07) is 2.85. The molecule has 7 heteroatoms.